The molecule has 2 aliphatic rings. The number of nitrogens with one attached hydrogen (secondary N) is 2. The summed E-state index contributed by atoms with van der Waals surface area (Å²) in [5.74, 6) is 0.623. The molecule has 0 radical (unpaired) electrons. The van der Waals surface area contributed by atoms with E-state index >= 15 is 0 Å². The largest absolute Gasteiger partial charge is 0.465 e. The van der Waals surface area contributed by atoms with Gasteiger partial charge in [0.2, 0.25) is 0 Å². The highest BCUT2D eigenvalue weighted by molar-refractivity contribution is 5.79. The highest BCUT2D eigenvalue weighted by Gasteiger charge is 2.25. The summed E-state index contributed by atoms with van der Waals surface area (Å²) in [5.41, 5.74) is 3.64. The van der Waals surface area contributed by atoms with Crippen LogP contribution in [0.15, 0.2) is 36.9 Å². The van der Waals surface area contributed by atoms with Gasteiger partial charge in [0.05, 0.1) is 24.0 Å². The van der Waals surface area contributed by atoms with Crippen LogP contribution in [0.2, 0.25) is 0 Å². The number of nitriles is 1. The fourth-order valence-electron chi connectivity index (χ4n) is 5.56. The number of fused-ring (bicyclic) bond motifs is 1. The third-order valence-corrected chi connectivity index (χ3v) is 7.54. The van der Waals surface area contributed by atoms with Crippen molar-refractivity contribution in [3.8, 4) is 23.1 Å². The normalized spacial score (nSPS) is 19.9. The van der Waals surface area contributed by atoms with Crippen molar-refractivity contribution in [2.75, 3.05) is 5.32 Å². The molecule has 1 amide bonds. The van der Waals surface area contributed by atoms with Crippen LogP contribution in [0.4, 0.5) is 10.5 Å². The standard InChI is InChI=1S/C26H28N10O2/c27-11-16-9-17-13-30-36(25(17)29-12-16)24-10-22(31-18-3-1-2-4-18)21(14-28-24)23-15-35(34-33-23)20-7-5-19(6-8-20)32-26(37)38/h9-10,12-15,18-20,32H,1-8H2,(H,28,31)(H,37,38)/t19-,20-. The van der Waals surface area contributed by atoms with Gasteiger partial charge in [-0.3, -0.25) is 0 Å². The maximum Gasteiger partial charge on any atom is 0.404 e. The molecule has 4 aromatic rings. The van der Waals surface area contributed by atoms with E-state index in [9.17, 15) is 10.1 Å². The average molecular weight is 513 g/mol. The van der Waals surface area contributed by atoms with Crippen molar-refractivity contribution in [1.29, 1.82) is 5.26 Å². The molecule has 0 unspecified atom stereocenters. The first-order valence-corrected chi connectivity index (χ1v) is 13.0. The van der Waals surface area contributed by atoms with E-state index in [0.717, 1.165) is 60.9 Å². The topological polar surface area (TPSA) is 159 Å². The molecule has 4 aromatic heterocycles. The molecule has 2 fully saturated rings. The molecule has 6 rings (SSSR count). The second-order valence-electron chi connectivity index (χ2n) is 10.1. The molecule has 0 atom stereocenters. The van der Waals surface area contributed by atoms with Crippen molar-refractivity contribution in [3.63, 3.8) is 0 Å². The highest BCUT2D eigenvalue weighted by Crippen LogP contribution is 2.33. The predicted octanol–water partition coefficient (Wildman–Crippen LogP) is 4.05. The molecule has 38 heavy (non-hydrogen) atoms. The minimum Gasteiger partial charge on any atom is -0.465 e. The zero-order valence-corrected chi connectivity index (χ0v) is 20.8. The Kier molecular flexibility index (Phi) is 6.33. The van der Waals surface area contributed by atoms with Gasteiger partial charge in [0.25, 0.3) is 0 Å². The van der Waals surface area contributed by atoms with Gasteiger partial charge in [0.1, 0.15) is 11.8 Å². The maximum atomic E-state index is 11.0. The molecular formula is C26H28N10O2. The monoisotopic (exact) mass is 512 g/mol. The van der Waals surface area contributed by atoms with Crippen molar-refractivity contribution in [2.45, 2.75) is 69.5 Å². The van der Waals surface area contributed by atoms with Crippen LogP contribution in [0.3, 0.4) is 0 Å². The Morgan fingerprint density at radius 2 is 1.84 bits per heavy atom. The van der Waals surface area contributed by atoms with Crippen molar-refractivity contribution >= 4 is 22.8 Å². The summed E-state index contributed by atoms with van der Waals surface area (Å²) in [5, 5.41) is 38.6. The van der Waals surface area contributed by atoms with Gasteiger partial charge in [-0.1, -0.05) is 18.1 Å². The summed E-state index contributed by atoms with van der Waals surface area (Å²) in [7, 11) is 0. The lowest BCUT2D eigenvalue weighted by atomic mass is 9.91. The molecule has 0 saturated heterocycles. The van der Waals surface area contributed by atoms with Crippen LogP contribution in [-0.2, 0) is 0 Å². The van der Waals surface area contributed by atoms with Gasteiger partial charge in [-0.25, -0.2) is 19.4 Å². The first kappa shape index (κ1) is 23.8. The highest BCUT2D eigenvalue weighted by atomic mass is 16.4. The van der Waals surface area contributed by atoms with Gasteiger partial charge in [-0.05, 0) is 44.6 Å². The third-order valence-electron chi connectivity index (χ3n) is 7.54. The number of carbonyl (C=O) groups is 1. The molecule has 12 nitrogen and oxygen atoms in total. The molecule has 4 heterocycles. The molecule has 194 valence electrons. The van der Waals surface area contributed by atoms with Crippen LogP contribution < -0.4 is 10.6 Å². The van der Waals surface area contributed by atoms with E-state index in [1.165, 1.54) is 19.0 Å². The van der Waals surface area contributed by atoms with Gasteiger partial charge in [-0.15, -0.1) is 5.10 Å². The number of anilines is 1. The first-order valence-electron chi connectivity index (χ1n) is 13.0. The second kappa shape index (κ2) is 10.1. The Hall–Kier alpha value is -4.53. The van der Waals surface area contributed by atoms with Gasteiger partial charge in [-0.2, -0.15) is 15.0 Å². The molecule has 2 aliphatic carbocycles. The molecule has 0 spiro atoms. The van der Waals surface area contributed by atoms with Crippen LogP contribution in [-0.4, -0.2) is 58.0 Å². The lowest BCUT2D eigenvalue weighted by molar-refractivity contribution is 0.181. The van der Waals surface area contributed by atoms with E-state index in [1.807, 2.05) is 16.9 Å². The number of nitrogens with zero attached hydrogens (tertiary/aromatic N) is 8. The van der Waals surface area contributed by atoms with Gasteiger partial charge >= 0.3 is 6.09 Å². The zero-order chi connectivity index (χ0) is 26.1. The fraction of sp³-hybridized carbons (Fsp3) is 0.423. The Bertz CT molecular complexity index is 1510. The maximum absolute atomic E-state index is 11.0. The van der Waals surface area contributed by atoms with Crippen LogP contribution in [0.5, 0.6) is 0 Å². The van der Waals surface area contributed by atoms with E-state index < -0.39 is 6.09 Å². The van der Waals surface area contributed by atoms with Crippen LogP contribution in [0.25, 0.3) is 28.1 Å². The third kappa shape index (κ3) is 4.74. The van der Waals surface area contributed by atoms with Crippen molar-refractivity contribution in [2.24, 2.45) is 0 Å². The molecule has 2 saturated carbocycles. The van der Waals surface area contributed by atoms with E-state index in [2.05, 4.69) is 37.1 Å². The van der Waals surface area contributed by atoms with E-state index in [-0.39, 0.29) is 12.1 Å². The first-order chi connectivity index (χ1) is 18.6. The minimum atomic E-state index is -0.972. The Labute approximate surface area is 218 Å². The fourth-order valence-corrected chi connectivity index (χ4v) is 5.56. The van der Waals surface area contributed by atoms with Crippen molar-refractivity contribution in [1.82, 2.24) is 40.1 Å². The minimum absolute atomic E-state index is 0.00921. The second-order valence-corrected chi connectivity index (χ2v) is 10.1. The summed E-state index contributed by atoms with van der Waals surface area (Å²) in [6, 6.07) is 6.40. The van der Waals surface area contributed by atoms with E-state index in [1.54, 1.807) is 23.1 Å². The molecule has 3 N–H and O–H groups in total. The van der Waals surface area contributed by atoms with Gasteiger partial charge in [0, 0.05) is 47.2 Å². The molecule has 0 aliphatic heterocycles. The van der Waals surface area contributed by atoms with Crippen LogP contribution in [0.1, 0.15) is 63.0 Å². The van der Waals surface area contributed by atoms with Crippen LogP contribution in [0, 0.1) is 11.3 Å². The number of aromatic nitrogens is 7. The summed E-state index contributed by atoms with van der Waals surface area (Å²) in [6.45, 7) is 0. The average Bonchev–Trinajstić information content (AvgIpc) is 3.70. The number of pyridine rings is 2. The quantitative estimate of drug-likeness (QED) is 0.346. The lowest BCUT2D eigenvalue weighted by Crippen LogP contribution is -2.37. The number of hydrogen-bond acceptors (Lipinski definition) is 8. The molecular weight excluding hydrogens is 484 g/mol. The number of rotatable bonds is 6. The molecule has 0 bridgehead atoms. The van der Waals surface area contributed by atoms with Crippen molar-refractivity contribution < 1.29 is 9.90 Å². The summed E-state index contributed by atoms with van der Waals surface area (Å²) in [4.78, 5) is 20.1. The summed E-state index contributed by atoms with van der Waals surface area (Å²) in [6.07, 6.45) is 13.9. The summed E-state index contributed by atoms with van der Waals surface area (Å²) < 4.78 is 3.58. The van der Waals surface area contributed by atoms with E-state index in [4.69, 9.17) is 10.1 Å². The molecule has 0 aromatic carbocycles. The Morgan fingerprint density at radius 3 is 2.61 bits per heavy atom. The van der Waals surface area contributed by atoms with Crippen LogP contribution >= 0.6 is 0 Å². The summed E-state index contributed by atoms with van der Waals surface area (Å²) >= 11 is 0. The predicted molar refractivity (Wildman–Crippen MR) is 139 cm³/mol. The Balaban J connectivity index is 1.29. The molecule has 12 heteroatoms. The zero-order valence-electron chi connectivity index (χ0n) is 20.8. The lowest BCUT2D eigenvalue weighted by Gasteiger charge is -2.28. The Morgan fingerprint density at radius 1 is 1.03 bits per heavy atom. The number of carboxylic acid groups (broad SMARTS) is 1. The number of amides is 1. The number of hydrogen-bond donors (Lipinski definition) is 3. The van der Waals surface area contributed by atoms with E-state index in [0.29, 0.717) is 23.1 Å². The van der Waals surface area contributed by atoms with Crippen molar-refractivity contribution in [3.05, 3.63) is 42.5 Å². The van der Waals surface area contributed by atoms with Gasteiger partial charge < -0.3 is 15.7 Å². The smallest absolute Gasteiger partial charge is 0.404 e. The SMILES string of the molecule is N#Cc1cnc2c(cnn2-c2cc(NC3CCCC3)c(-c3cn([C@H]4CC[C@H](NC(=O)O)CC4)nn3)cn2)c1. The van der Waals surface area contributed by atoms with Gasteiger partial charge in [0.15, 0.2) is 11.5 Å².